The molecule has 3 N–H and O–H groups in total. The number of amides is 1. The maximum atomic E-state index is 13.2. The normalized spacial score (nSPS) is 18.6. The average molecular weight is 427 g/mol. The molecule has 0 bridgehead atoms. The second-order valence-corrected chi connectivity index (χ2v) is 9.72. The molecular weight excluding hydrogens is 404 g/mol. The van der Waals surface area contributed by atoms with Gasteiger partial charge in [0, 0.05) is 43.4 Å². The molecule has 1 aliphatic heterocycles. The number of hydrogen-bond donors (Lipinski definition) is 2. The van der Waals surface area contributed by atoms with Crippen LogP contribution in [-0.2, 0) is 10.0 Å². The minimum absolute atomic E-state index is 0.0390. The number of primary sulfonamides is 1. The number of benzene rings is 1. The van der Waals surface area contributed by atoms with Crippen molar-refractivity contribution in [1.29, 1.82) is 0 Å². The number of nitrogens with one attached hydrogen (secondary N) is 1. The van der Waals surface area contributed by atoms with Crippen molar-refractivity contribution in [1.82, 2.24) is 19.9 Å². The van der Waals surface area contributed by atoms with Crippen molar-refractivity contribution in [2.75, 3.05) is 31.1 Å². The van der Waals surface area contributed by atoms with Crippen LogP contribution in [0.25, 0.3) is 11.0 Å². The van der Waals surface area contributed by atoms with Gasteiger partial charge in [0.2, 0.25) is 10.0 Å². The predicted octanol–water partition coefficient (Wildman–Crippen LogP) is 1.35. The van der Waals surface area contributed by atoms with Gasteiger partial charge in [0.25, 0.3) is 5.91 Å². The van der Waals surface area contributed by atoms with E-state index >= 15 is 0 Å². The summed E-state index contributed by atoms with van der Waals surface area (Å²) in [5.41, 5.74) is 1.17. The van der Waals surface area contributed by atoms with E-state index in [1.54, 1.807) is 18.5 Å². The van der Waals surface area contributed by atoms with E-state index in [0.29, 0.717) is 25.2 Å². The number of aromatic nitrogens is 3. The number of sulfonamides is 1. The van der Waals surface area contributed by atoms with Gasteiger partial charge in [-0.2, -0.15) is 0 Å². The molecule has 5 rings (SSSR count). The summed E-state index contributed by atoms with van der Waals surface area (Å²) in [6.07, 6.45) is 5.50. The Labute approximate surface area is 174 Å². The summed E-state index contributed by atoms with van der Waals surface area (Å²) in [6.45, 7) is 2.63. The first-order chi connectivity index (χ1) is 14.3. The van der Waals surface area contributed by atoms with Gasteiger partial charge in [-0.1, -0.05) is 6.07 Å². The summed E-state index contributed by atoms with van der Waals surface area (Å²) in [5.74, 6) is 0.696. The molecule has 1 aliphatic carbocycles. The van der Waals surface area contributed by atoms with E-state index in [9.17, 15) is 13.2 Å². The lowest BCUT2D eigenvalue weighted by molar-refractivity contribution is 0.0740. The zero-order valence-electron chi connectivity index (χ0n) is 16.3. The molecule has 30 heavy (non-hydrogen) atoms. The number of nitrogens with zero attached hydrogens (tertiary/aromatic N) is 4. The summed E-state index contributed by atoms with van der Waals surface area (Å²) in [6, 6.07) is 7.90. The van der Waals surface area contributed by atoms with Crippen LogP contribution in [0.4, 0.5) is 5.82 Å². The van der Waals surface area contributed by atoms with Crippen molar-refractivity contribution in [2.24, 2.45) is 10.6 Å². The number of carbonyl (C=O) groups is 1. The topological polar surface area (TPSA) is 125 Å². The van der Waals surface area contributed by atoms with Gasteiger partial charge in [-0.05, 0) is 37.1 Å². The summed E-state index contributed by atoms with van der Waals surface area (Å²) >= 11 is 0. The van der Waals surface area contributed by atoms with Crippen molar-refractivity contribution >= 4 is 32.8 Å². The fourth-order valence-corrected chi connectivity index (χ4v) is 4.77. The number of hydrogen-bond acceptors (Lipinski definition) is 6. The molecule has 10 heteroatoms. The largest absolute Gasteiger partial charge is 0.354 e. The molecule has 2 aliphatic rings. The maximum absolute atomic E-state index is 13.2. The predicted molar refractivity (Wildman–Crippen MR) is 111 cm³/mol. The van der Waals surface area contributed by atoms with Gasteiger partial charge in [-0.15, -0.1) is 0 Å². The van der Waals surface area contributed by atoms with Gasteiger partial charge < -0.3 is 14.8 Å². The summed E-state index contributed by atoms with van der Waals surface area (Å²) in [7, 11) is -3.86. The van der Waals surface area contributed by atoms with Crippen LogP contribution in [0, 0.1) is 5.41 Å². The minimum atomic E-state index is -3.86. The molecule has 1 saturated heterocycles. The highest BCUT2D eigenvalue weighted by atomic mass is 32.2. The molecule has 1 aromatic carbocycles. The highest BCUT2D eigenvalue weighted by Gasteiger charge is 2.48. The van der Waals surface area contributed by atoms with E-state index in [1.807, 2.05) is 17.2 Å². The molecular formula is C20H22N6O3S. The molecule has 0 unspecified atom stereocenters. The van der Waals surface area contributed by atoms with Crippen LogP contribution in [0.1, 0.15) is 23.2 Å². The highest BCUT2D eigenvalue weighted by Crippen LogP contribution is 2.48. The van der Waals surface area contributed by atoms with Gasteiger partial charge in [-0.3, -0.25) is 4.79 Å². The first-order valence-corrected chi connectivity index (χ1v) is 11.3. The van der Waals surface area contributed by atoms with Crippen LogP contribution in [-0.4, -0.2) is 60.4 Å². The third-order valence-corrected chi connectivity index (χ3v) is 6.89. The standard InChI is InChI=1S/C20H22N6O3S/c21-30(28,29)15-3-1-2-14(10-15)19(27)26-9-8-25(11-20(12-26)5-6-20)18-16-4-7-22-17(16)23-13-24-18/h1-4,7,10,13H,5-6,8-9,11-12H2,(H2,21,28,29)(H,22,23,24). The molecule has 0 radical (unpaired) electrons. The second-order valence-electron chi connectivity index (χ2n) is 8.16. The van der Waals surface area contributed by atoms with Gasteiger partial charge in [0.05, 0.1) is 10.3 Å². The Balaban J connectivity index is 1.43. The Morgan fingerprint density at radius 3 is 2.73 bits per heavy atom. The molecule has 3 heterocycles. The monoisotopic (exact) mass is 426 g/mol. The van der Waals surface area contributed by atoms with E-state index < -0.39 is 10.0 Å². The number of H-pyrrole nitrogens is 1. The van der Waals surface area contributed by atoms with Crippen LogP contribution in [0.5, 0.6) is 0 Å². The number of rotatable bonds is 3. The zero-order chi connectivity index (χ0) is 20.9. The SMILES string of the molecule is NS(=O)(=O)c1cccc(C(=O)N2CCN(c3ncnc4[nH]ccc34)CC3(CC3)C2)c1. The van der Waals surface area contributed by atoms with Crippen LogP contribution < -0.4 is 10.0 Å². The first-order valence-electron chi connectivity index (χ1n) is 9.80. The Bertz CT molecular complexity index is 1230. The number of fused-ring (bicyclic) bond motifs is 1. The zero-order valence-corrected chi connectivity index (χ0v) is 17.1. The van der Waals surface area contributed by atoms with E-state index in [1.165, 1.54) is 12.1 Å². The third-order valence-electron chi connectivity index (χ3n) is 5.98. The van der Waals surface area contributed by atoms with Gasteiger partial charge >= 0.3 is 0 Å². The Morgan fingerprint density at radius 2 is 1.97 bits per heavy atom. The maximum Gasteiger partial charge on any atom is 0.253 e. The summed E-state index contributed by atoms with van der Waals surface area (Å²) in [5, 5.41) is 6.19. The van der Waals surface area contributed by atoms with Crippen molar-refractivity contribution in [2.45, 2.75) is 17.7 Å². The molecule has 1 saturated carbocycles. The van der Waals surface area contributed by atoms with Crippen molar-refractivity contribution in [3.8, 4) is 0 Å². The Morgan fingerprint density at radius 1 is 1.13 bits per heavy atom. The fourth-order valence-electron chi connectivity index (χ4n) is 4.21. The lowest BCUT2D eigenvalue weighted by atomic mass is 10.1. The second kappa shape index (κ2) is 6.78. The average Bonchev–Trinajstić information content (AvgIpc) is 3.37. The Hall–Kier alpha value is -2.98. The van der Waals surface area contributed by atoms with Crippen LogP contribution in [0.15, 0.2) is 47.8 Å². The molecule has 1 spiro atoms. The van der Waals surface area contributed by atoms with Crippen molar-refractivity contribution in [3.63, 3.8) is 0 Å². The highest BCUT2D eigenvalue weighted by molar-refractivity contribution is 7.89. The van der Waals surface area contributed by atoms with Crippen LogP contribution in [0.2, 0.25) is 0 Å². The van der Waals surface area contributed by atoms with Crippen molar-refractivity contribution < 1.29 is 13.2 Å². The number of aromatic amines is 1. The minimum Gasteiger partial charge on any atom is -0.354 e. The number of anilines is 1. The summed E-state index contributed by atoms with van der Waals surface area (Å²) in [4.78, 5) is 29.1. The van der Waals surface area contributed by atoms with Crippen LogP contribution >= 0.6 is 0 Å². The van der Waals surface area contributed by atoms with E-state index in [2.05, 4.69) is 19.9 Å². The molecule has 3 aromatic rings. The molecule has 2 fully saturated rings. The smallest absolute Gasteiger partial charge is 0.253 e. The third kappa shape index (κ3) is 3.41. The fraction of sp³-hybridized carbons (Fsp3) is 0.350. The van der Waals surface area contributed by atoms with Gasteiger partial charge in [-0.25, -0.2) is 23.5 Å². The number of carbonyl (C=O) groups excluding carboxylic acids is 1. The van der Waals surface area contributed by atoms with E-state index in [4.69, 9.17) is 5.14 Å². The summed E-state index contributed by atoms with van der Waals surface area (Å²) < 4.78 is 23.3. The molecule has 0 atom stereocenters. The Kier molecular flexibility index (Phi) is 4.30. The van der Waals surface area contributed by atoms with Gasteiger partial charge in [0.15, 0.2) is 0 Å². The van der Waals surface area contributed by atoms with E-state index in [-0.39, 0.29) is 16.2 Å². The first kappa shape index (κ1) is 19.0. The molecule has 9 nitrogen and oxygen atoms in total. The van der Waals surface area contributed by atoms with Crippen molar-refractivity contribution in [3.05, 3.63) is 48.4 Å². The lowest BCUT2D eigenvalue weighted by Gasteiger charge is -2.25. The van der Waals surface area contributed by atoms with E-state index in [0.717, 1.165) is 36.2 Å². The van der Waals surface area contributed by atoms with Gasteiger partial charge in [0.1, 0.15) is 17.8 Å². The number of nitrogens with two attached hydrogens (primary N) is 1. The van der Waals surface area contributed by atoms with Crippen LogP contribution in [0.3, 0.4) is 0 Å². The lowest BCUT2D eigenvalue weighted by Crippen LogP contribution is -2.36. The molecule has 2 aromatic heterocycles. The molecule has 156 valence electrons. The molecule has 1 amide bonds. The quantitative estimate of drug-likeness (QED) is 0.651.